The molecule has 5 heterocycles. The Morgan fingerprint density at radius 2 is 0.860 bits per heavy atom. The molecule has 2 aliphatic rings. The predicted octanol–water partition coefficient (Wildman–Crippen LogP) is 0.790. The van der Waals surface area contributed by atoms with E-state index >= 15 is 0 Å². The quantitative estimate of drug-likeness (QED) is 0.155. The zero-order valence-electron chi connectivity index (χ0n) is 30.0. The molecule has 0 unspecified atom stereocenters. The van der Waals surface area contributed by atoms with Gasteiger partial charge in [-0.1, -0.05) is 0 Å². The van der Waals surface area contributed by atoms with E-state index in [2.05, 4.69) is 9.97 Å². The van der Waals surface area contributed by atoms with Crippen LogP contribution in [0, 0.1) is 13.8 Å². The number of carboxylic acids is 4. The van der Waals surface area contributed by atoms with Crippen molar-refractivity contribution in [1.82, 2.24) is 19.9 Å². The summed E-state index contributed by atoms with van der Waals surface area (Å²) in [4.78, 5) is 63.1. The number of allylic oxidation sites excluding steroid dienone is 4. The number of aromatic amines is 2. The minimum absolute atomic E-state index is 0. The maximum atomic E-state index is 11.6. The highest BCUT2D eigenvalue weighted by atomic mass is 35.5. The zero-order valence-corrected chi connectivity index (χ0v) is 29.6. The summed E-state index contributed by atoms with van der Waals surface area (Å²) in [5.41, 5.74) is 11.4. The Morgan fingerprint density at radius 1 is 0.520 bits per heavy atom. The molecule has 0 atom stereocenters. The van der Waals surface area contributed by atoms with Crippen molar-refractivity contribution in [3.05, 3.63) is 69.3 Å². The maximum Gasteiger partial charge on any atom is 1.00 e. The van der Waals surface area contributed by atoms with Gasteiger partial charge in [0, 0.05) is 47.8 Å². The SMILES string of the molecule is CC1=C(CCC(=O)O)c2cc3nc(cc4[nH]c(cc5[nH]c(cc1n2)c(C)c5CCC(=O)O)c(CCC(=O)O)c4C)C(CCC(=O)O)=C3C.[Cl-].[Cl-].[H+].[H+]. The van der Waals surface area contributed by atoms with Gasteiger partial charge in [0.05, 0.1) is 22.8 Å². The number of rotatable bonds is 12. The summed E-state index contributed by atoms with van der Waals surface area (Å²) in [6.07, 6.45) is 0.578. The molecule has 0 aliphatic carbocycles. The lowest BCUT2D eigenvalue weighted by Crippen LogP contribution is -3.00. The first-order valence-corrected chi connectivity index (χ1v) is 15.7. The Hall–Kier alpha value is -4.94. The fourth-order valence-corrected chi connectivity index (χ4v) is 6.42. The predicted molar refractivity (Wildman–Crippen MR) is 183 cm³/mol. The van der Waals surface area contributed by atoms with Crippen molar-refractivity contribution in [2.24, 2.45) is 0 Å². The summed E-state index contributed by atoms with van der Waals surface area (Å²) in [6, 6.07) is 7.40. The van der Waals surface area contributed by atoms with Crippen LogP contribution in [0.1, 0.15) is 100 Å². The van der Waals surface area contributed by atoms with Crippen LogP contribution in [-0.4, -0.2) is 64.2 Å². The number of aryl methyl sites for hydroxylation is 4. The zero-order chi connectivity index (χ0) is 34.9. The van der Waals surface area contributed by atoms with Crippen molar-refractivity contribution < 1.29 is 67.3 Å². The number of fused-ring (bicyclic) bond motifs is 8. The lowest BCUT2D eigenvalue weighted by atomic mass is 9.98. The van der Waals surface area contributed by atoms with Gasteiger partial charge in [0.15, 0.2) is 0 Å². The highest BCUT2D eigenvalue weighted by Crippen LogP contribution is 2.38. The Bertz CT molecular complexity index is 2120. The minimum Gasteiger partial charge on any atom is -1.00 e. The first kappa shape index (κ1) is 39.5. The van der Waals surface area contributed by atoms with Crippen LogP contribution >= 0.6 is 0 Å². The molecule has 3 aromatic heterocycles. The molecule has 12 nitrogen and oxygen atoms in total. The molecule has 50 heavy (non-hydrogen) atoms. The topological polar surface area (TPSA) is 207 Å². The van der Waals surface area contributed by atoms with Crippen LogP contribution in [0.2, 0.25) is 0 Å². The largest absolute Gasteiger partial charge is 1.00 e. The number of carbonyl (C=O) groups is 4. The van der Waals surface area contributed by atoms with Crippen molar-refractivity contribution in [1.29, 1.82) is 0 Å². The molecule has 0 radical (unpaired) electrons. The number of aliphatic carboxylic acids is 4. The van der Waals surface area contributed by atoms with E-state index in [0.717, 1.165) is 44.5 Å². The fourth-order valence-electron chi connectivity index (χ4n) is 6.42. The molecule has 6 N–H and O–H groups in total. The smallest absolute Gasteiger partial charge is 1.00 e. The highest BCUT2D eigenvalue weighted by molar-refractivity contribution is 5.96. The summed E-state index contributed by atoms with van der Waals surface area (Å²) in [7, 11) is 0. The molecule has 2 aliphatic heterocycles. The molecule has 14 heteroatoms. The van der Waals surface area contributed by atoms with Gasteiger partial charge in [-0.3, -0.25) is 19.2 Å². The first-order valence-electron chi connectivity index (χ1n) is 15.7. The lowest BCUT2D eigenvalue weighted by molar-refractivity contribution is -0.138. The number of H-pyrrole nitrogens is 2. The van der Waals surface area contributed by atoms with Gasteiger partial charge in [0.1, 0.15) is 0 Å². The molecule has 5 rings (SSSR count). The Morgan fingerprint density at radius 3 is 1.26 bits per heavy atom. The molecule has 3 aromatic rings. The van der Waals surface area contributed by atoms with E-state index in [0.29, 0.717) is 44.8 Å². The number of nitrogens with zero attached hydrogens (tertiary/aromatic N) is 2. The van der Waals surface area contributed by atoms with Crippen LogP contribution in [0.5, 0.6) is 0 Å². The van der Waals surface area contributed by atoms with Gasteiger partial charge in [0.25, 0.3) is 0 Å². The fraction of sp³-hybridized carbons (Fsp3) is 0.333. The molecule has 0 amide bonds. The van der Waals surface area contributed by atoms with Crippen molar-refractivity contribution in [2.75, 3.05) is 0 Å². The van der Waals surface area contributed by atoms with E-state index in [1.54, 1.807) is 0 Å². The second-order valence-electron chi connectivity index (χ2n) is 12.2. The number of carboxylic acid groups (broad SMARTS) is 4. The van der Waals surface area contributed by atoms with Crippen molar-refractivity contribution >= 4 is 68.2 Å². The molecule has 0 saturated heterocycles. The van der Waals surface area contributed by atoms with Gasteiger partial charge >= 0.3 is 26.7 Å². The van der Waals surface area contributed by atoms with Crippen LogP contribution in [0.25, 0.3) is 44.4 Å². The van der Waals surface area contributed by atoms with Crippen molar-refractivity contribution in [2.45, 2.75) is 79.1 Å². The monoisotopic (exact) mass is 726 g/mol. The average molecular weight is 728 g/mol. The average Bonchev–Trinajstić information content (AvgIpc) is 3.66. The summed E-state index contributed by atoms with van der Waals surface area (Å²) in [5, 5.41) is 38.0. The van der Waals surface area contributed by atoms with Crippen molar-refractivity contribution in [3.63, 3.8) is 0 Å². The van der Waals surface area contributed by atoms with Crippen LogP contribution in [-0.2, 0) is 32.0 Å². The van der Waals surface area contributed by atoms with Gasteiger partial charge in [0.2, 0.25) is 0 Å². The Balaban J connectivity index is 0.00000338. The number of nitrogens with one attached hydrogen (secondary N) is 2. The third kappa shape index (κ3) is 8.43. The van der Waals surface area contributed by atoms with Crippen LogP contribution in [0.4, 0.5) is 0 Å². The molecule has 0 spiro atoms. The molecular formula is C36H40Cl2N4O8. The third-order valence-electron chi connectivity index (χ3n) is 9.16. The summed E-state index contributed by atoms with van der Waals surface area (Å²) >= 11 is 0. The van der Waals surface area contributed by atoms with Crippen molar-refractivity contribution in [3.8, 4) is 0 Å². The Labute approximate surface area is 303 Å². The molecule has 0 fully saturated rings. The van der Waals surface area contributed by atoms with E-state index in [1.807, 2.05) is 52.0 Å². The van der Waals surface area contributed by atoms with E-state index in [1.165, 1.54) is 0 Å². The molecule has 266 valence electrons. The summed E-state index contributed by atoms with van der Waals surface area (Å²) in [6.45, 7) is 7.56. The van der Waals surface area contributed by atoms with E-state index in [9.17, 15) is 39.6 Å². The van der Waals surface area contributed by atoms with Crippen LogP contribution in [0.15, 0.2) is 24.3 Å². The summed E-state index contributed by atoms with van der Waals surface area (Å²) < 4.78 is 0. The van der Waals surface area contributed by atoms with E-state index in [4.69, 9.17) is 9.97 Å². The number of aromatic nitrogens is 4. The lowest BCUT2D eigenvalue weighted by Gasteiger charge is -2.04. The third-order valence-corrected chi connectivity index (χ3v) is 9.16. The number of hydrogen-bond acceptors (Lipinski definition) is 6. The van der Waals surface area contributed by atoms with Gasteiger partial charge in [-0.25, -0.2) is 9.97 Å². The summed E-state index contributed by atoms with van der Waals surface area (Å²) in [5.74, 6) is -3.76. The number of hydrogen-bond donors (Lipinski definition) is 6. The van der Waals surface area contributed by atoms with Gasteiger partial charge in [-0.15, -0.1) is 0 Å². The van der Waals surface area contributed by atoms with E-state index in [-0.39, 0.29) is 79.0 Å². The second kappa shape index (κ2) is 16.2. The second-order valence-corrected chi connectivity index (χ2v) is 12.2. The van der Waals surface area contributed by atoms with Crippen LogP contribution < -0.4 is 24.8 Å². The van der Waals surface area contributed by atoms with Crippen LogP contribution in [0.3, 0.4) is 0 Å². The molecular weight excluding hydrogens is 687 g/mol. The molecule has 0 aromatic carbocycles. The van der Waals surface area contributed by atoms with Gasteiger partial charge in [-0.2, -0.15) is 0 Å². The first-order chi connectivity index (χ1) is 22.7. The molecule has 0 saturated carbocycles. The van der Waals surface area contributed by atoms with Gasteiger partial charge in [-0.05, 0) is 122 Å². The van der Waals surface area contributed by atoms with E-state index < -0.39 is 23.9 Å². The number of halogens is 2. The minimum atomic E-state index is -0.946. The maximum absolute atomic E-state index is 11.6. The normalized spacial score (nSPS) is 12.4. The van der Waals surface area contributed by atoms with Gasteiger partial charge < -0.3 is 55.2 Å². The standard InChI is InChI=1S/C36H38N4O8.2ClH/c1-17-21(5-9-33(41)42)29-14-27-19(3)22(6-10-34(43)44)30(39-27)15-28-20(4)24(8-12-36(47)48)32(40-28)16-31-23(7-11-35(45)46)18(2)26(38-31)13-25(17)37-29;;/h13-16,38,40H,5-12H2,1-4H3,(H,41,42)(H,43,44)(H,45,46)(H,47,48);2*1H. The highest BCUT2D eigenvalue weighted by Gasteiger charge is 2.23. The molecule has 8 bridgehead atoms. The Kier molecular flexibility index (Phi) is 12.8.